The van der Waals surface area contributed by atoms with E-state index in [-0.39, 0.29) is 17.7 Å². The first-order chi connectivity index (χ1) is 10.4. The fourth-order valence-electron chi connectivity index (χ4n) is 5.44. The largest absolute Gasteiger partial charge is 0.445 e. The van der Waals surface area contributed by atoms with Crippen LogP contribution in [0.2, 0.25) is 0 Å². The molecule has 0 unspecified atom stereocenters. The van der Waals surface area contributed by atoms with Crippen molar-refractivity contribution in [1.82, 2.24) is 10.6 Å². The lowest BCUT2D eigenvalue weighted by Gasteiger charge is -2.34. The zero-order valence-electron chi connectivity index (χ0n) is 14.5. The Hall–Kier alpha value is -0.770. The molecule has 4 bridgehead atoms. The van der Waals surface area contributed by atoms with Gasteiger partial charge in [-0.2, -0.15) is 0 Å². The number of hydrogen-bond acceptors (Lipinski definition) is 3. The Morgan fingerprint density at radius 3 is 2.55 bits per heavy atom. The van der Waals surface area contributed by atoms with Crippen LogP contribution < -0.4 is 10.6 Å². The first-order valence-electron chi connectivity index (χ1n) is 8.99. The molecular formula is C18H32N2O2. The van der Waals surface area contributed by atoms with Crippen molar-refractivity contribution in [3.8, 4) is 0 Å². The van der Waals surface area contributed by atoms with Crippen LogP contribution in [-0.2, 0) is 4.74 Å². The number of carbonyl (C=O) groups is 1. The molecule has 0 aromatic carbocycles. The Morgan fingerprint density at radius 1 is 1.18 bits per heavy atom. The number of likely N-dealkylation sites (N-methyl/N-ethyl adjacent to an activating group) is 1. The van der Waals surface area contributed by atoms with Crippen LogP contribution in [0.1, 0.15) is 52.9 Å². The van der Waals surface area contributed by atoms with Crippen LogP contribution in [0.5, 0.6) is 0 Å². The molecule has 4 saturated carbocycles. The molecule has 4 aliphatic rings. The molecule has 0 aliphatic heterocycles. The van der Waals surface area contributed by atoms with Gasteiger partial charge in [0.1, 0.15) is 6.10 Å². The molecule has 126 valence electrons. The van der Waals surface area contributed by atoms with Gasteiger partial charge >= 0.3 is 6.09 Å². The van der Waals surface area contributed by atoms with Crippen molar-refractivity contribution in [3.63, 3.8) is 0 Å². The van der Waals surface area contributed by atoms with Gasteiger partial charge in [-0.1, -0.05) is 0 Å². The predicted octanol–water partition coefficient (Wildman–Crippen LogP) is 3.17. The van der Waals surface area contributed by atoms with Gasteiger partial charge in [-0.05, 0) is 89.5 Å². The van der Waals surface area contributed by atoms with Crippen molar-refractivity contribution in [2.45, 2.75) is 64.5 Å². The molecule has 0 saturated heterocycles. The van der Waals surface area contributed by atoms with Crippen LogP contribution in [0.25, 0.3) is 0 Å². The van der Waals surface area contributed by atoms with Crippen molar-refractivity contribution >= 4 is 6.09 Å². The third kappa shape index (κ3) is 3.42. The standard InChI is InChI=1S/C18H32N2O2/c1-18(2,3)20-17(21)22-14(10-19-4)9-16-13-6-11-5-12(8-13)15(16)7-11/h11-16,19H,5-10H2,1-4H3,(H,20,21)/t11-,12-,13-,14-,15-,16-/m0/s1. The molecule has 6 atom stereocenters. The summed E-state index contributed by atoms with van der Waals surface area (Å²) in [6.45, 7) is 6.70. The third-order valence-electron chi connectivity index (χ3n) is 5.96. The zero-order valence-corrected chi connectivity index (χ0v) is 14.5. The van der Waals surface area contributed by atoms with Gasteiger partial charge in [0.2, 0.25) is 0 Å². The summed E-state index contributed by atoms with van der Waals surface area (Å²) in [6, 6.07) is 0. The minimum absolute atomic E-state index is 0.00394. The van der Waals surface area contributed by atoms with Gasteiger partial charge < -0.3 is 15.4 Å². The van der Waals surface area contributed by atoms with Crippen molar-refractivity contribution in [1.29, 1.82) is 0 Å². The van der Waals surface area contributed by atoms with Gasteiger partial charge in [0, 0.05) is 12.1 Å². The normalized spacial score (nSPS) is 37.4. The lowest BCUT2D eigenvalue weighted by molar-refractivity contribution is 0.0579. The second-order valence-corrected chi connectivity index (χ2v) is 8.85. The van der Waals surface area contributed by atoms with E-state index >= 15 is 0 Å². The SMILES string of the molecule is CNC[C@H](C[C@H]1[C@H]2C[C@@H]3C[C@@H](C2)[C@@H]1C3)OC(=O)NC(C)(C)C. The van der Waals surface area contributed by atoms with Crippen LogP contribution in [0.3, 0.4) is 0 Å². The number of nitrogens with one attached hydrogen (secondary N) is 2. The molecule has 1 amide bonds. The second kappa shape index (κ2) is 6.03. The van der Waals surface area contributed by atoms with E-state index in [0.29, 0.717) is 0 Å². The maximum absolute atomic E-state index is 12.1. The molecule has 4 fully saturated rings. The molecule has 22 heavy (non-hydrogen) atoms. The highest BCUT2D eigenvalue weighted by Crippen LogP contribution is 2.62. The highest BCUT2D eigenvalue weighted by molar-refractivity contribution is 5.68. The minimum Gasteiger partial charge on any atom is -0.445 e. The third-order valence-corrected chi connectivity index (χ3v) is 5.96. The average Bonchev–Trinajstić information content (AvgIpc) is 2.78. The fourth-order valence-corrected chi connectivity index (χ4v) is 5.44. The number of alkyl carbamates (subject to hydrolysis) is 1. The van der Waals surface area contributed by atoms with Gasteiger partial charge in [0.15, 0.2) is 0 Å². The molecule has 4 nitrogen and oxygen atoms in total. The summed E-state index contributed by atoms with van der Waals surface area (Å²) in [6.07, 6.45) is 6.53. The summed E-state index contributed by atoms with van der Waals surface area (Å²) < 4.78 is 5.73. The van der Waals surface area contributed by atoms with E-state index in [2.05, 4.69) is 10.6 Å². The fraction of sp³-hybridized carbons (Fsp3) is 0.944. The molecule has 0 spiro atoms. The summed E-state index contributed by atoms with van der Waals surface area (Å²) in [5.41, 5.74) is -0.244. The Balaban J connectivity index is 1.57. The topological polar surface area (TPSA) is 50.4 Å². The van der Waals surface area contributed by atoms with Gasteiger partial charge in [-0.3, -0.25) is 0 Å². The zero-order chi connectivity index (χ0) is 15.9. The summed E-state index contributed by atoms with van der Waals surface area (Å²) >= 11 is 0. The average molecular weight is 308 g/mol. The smallest absolute Gasteiger partial charge is 0.407 e. The Bertz CT molecular complexity index is 414. The van der Waals surface area contributed by atoms with E-state index in [4.69, 9.17) is 4.74 Å². The van der Waals surface area contributed by atoms with E-state index in [1.807, 2.05) is 27.8 Å². The van der Waals surface area contributed by atoms with Gasteiger partial charge in [0.05, 0.1) is 0 Å². The van der Waals surface area contributed by atoms with Crippen molar-refractivity contribution in [2.24, 2.45) is 29.6 Å². The lowest BCUT2D eigenvalue weighted by atomic mass is 9.73. The van der Waals surface area contributed by atoms with Crippen LogP contribution in [0.4, 0.5) is 4.79 Å². The second-order valence-electron chi connectivity index (χ2n) is 8.85. The van der Waals surface area contributed by atoms with Crippen molar-refractivity contribution in [3.05, 3.63) is 0 Å². The van der Waals surface area contributed by atoms with Crippen LogP contribution in [0.15, 0.2) is 0 Å². The molecule has 0 heterocycles. The van der Waals surface area contributed by atoms with Crippen molar-refractivity contribution < 1.29 is 9.53 Å². The molecule has 4 heteroatoms. The van der Waals surface area contributed by atoms with E-state index < -0.39 is 0 Å². The molecule has 4 rings (SSSR count). The number of amides is 1. The van der Waals surface area contributed by atoms with Gasteiger partial charge in [-0.15, -0.1) is 0 Å². The molecule has 0 aromatic rings. The van der Waals surface area contributed by atoms with Gasteiger partial charge in [-0.25, -0.2) is 4.79 Å². The highest BCUT2D eigenvalue weighted by Gasteiger charge is 2.53. The van der Waals surface area contributed by atoms with E-state index in [1.54, 1.807) is 0 Å². The van der Waals surface area contributed by atoms with E-state index in [9.17, 15) is 4.79 Å². The van der Waals surface area contributed by atoms with E-state index in [0.717, 1.165) is 42.6 Å². The van der Waals surface area contributed by atoms with Crippen LogP contribution in [0, 0.1) is 29.6 Å². The first kappa shape index (κ1) is 16.1. The number of rotatable bonds is 5. The summed E-state index contributed by atoms with van der Waals surface area (Å²) in [4.78, 5) is 12.1. The van der Waals surface area contributed by atoms with Crippen LogP contribution >= 0.6 is 0 Å². The van der Waals surface area contributed by atoms with Gasteiger partial charge in [0.25, 0.3) is 0 Å². The Morgan fingerprint density at radius 2 is 1.91 bits per heavy atom. The van der Waals surface area contributed by atoms with E-state index in [1.165, 1.54) is 25.7 Å². The summed E-state index contributed by atoms with van der Waals surface area (Å²) in [7, 11) is 1.93. The molecule has 4 aliphatic carbocycles. The first-order valence-corrected chi connectivity index (χ1v) is 8.99. The number of hydrogen-bond donors (Lipinski definition) is 2. The van der Waals surface area contributed by atoms with Crippen LogP contribution in [-0.4, -0.2) is 31.3 Å². The Labute approximate surface area is 134 Å². The predicted molar refractivity (Wildman–Crippen MR) is 87.6 cm³/mol. The summed E-state index contributed by atoms with van der Waals surface area (Å²) in [5.74, 6) is 4.59. The molecule has 0 aromatic heterocycles. The molecule has 0 radical (unpaired) electrons. The molecule has 2 N–H and O–H groups in total. The monoisotopic (exact) mass is 308 g/mol. The number of ether oxygens (including phenoxy) is 1. The highest BCUT2D eigenvalue weighted by atomic mass is 16.6. The minimum atomic E-state index is -0.278. The quantitative estimate of drug-likeness (QED) is 0.820. The number of carbonyl (C=O) groups excluding carboxylic acids is 1. The lowest BCUT2D eigenvalue weighted by Crippen LogP contribution is -2.44. The Kier molecular flexibility index (Phi) is 4.41. The maximum atomic E-state index is 12.1. The van der Waals surface area contributed by atoms with Crippen molar-refractivity contribution in [2.75, 3.05) is 13.6 Å². The maximum Gasteiger partial charge on any atom is 0.407 e. The molecular weight excluding hydrogens is 276 g/mol. The summed E-state index contributed by atoms with van der Waals surface area (Å²) in [5, 5.41) is 6.10.